The Morgan fingerprint density at radius 2 is 1.57 bits per heavy atom. The quantitative estimate of drug-likeness (QED) is 0.671. The fourth-order valence-corrected chi connectivity index (χ4v) is 3.51. The molecule has 0 aromatic heterocycles. The number of aryl methyl sites for hydroxylation is 2. The summed E-state index contributed by atoms with van der Waals surface area (Å²) in [5, 5.41) is 4.08. The number of rotatable bonds is 9. The first kappa shape index (κ1) is 21.9. The second kappa shape index (κ2) is 10.2. The van der Waals surface area contributed by atoms with Crippen LogP contribution >= 0.6 is 0 Å². The zero-order chi connectivity index (χ0) is 20.6. The summed E-state index contributed by atoms with van der Waals surface area (Å²) in [5.41, 5.74) is 4.12. The van der Waals surface area contributed by atoms with Gasteiger partial charge in [0, 0.05) is 18.4 Å². The molecule has 2 aromatic rings. The van der Waals surface area contributed by atoms with Crippen molar-refractivity contribution in [3.05, 3.63) is 76.2 Å². The van der Waals surface area contributed by atoms with Gasteiger partial charge in [-0.1, -0.05) is 66.6 Å². The molecule has 0 unspecified atom stereocenters. The second-order valence-corrected chi connectivity index (χ2v) is 8.49. The van der Waals surface area contributed by atoms with E-state index in [0.29, 0.717) is 0 Å². The molecule has 0 aliphatic rings. The third-order valence-electron chi connectivity index (χ3n) is 4.40. The first-order valence-corrected chi connectivity index (χ1v) is 10.9. The maximum Gasteiger partial charge on any atom is 0.233 e. The van der Waals surface area contributed by atoms with E-state index in [1.165, 1.54) is 6.08 Å². The van der Waals surface area contributed by atoms with Gasteiger partial charge in [-0.3, -0.25) is 4.79 Å². The van der Waals surface area contributed by atoms with Crippen LogP contribution in [0.2, 0.25) is 0 Å². The number of nitrogens with one attached hydrogen (secondary N) is 2. The van der Waals surface area contributed by atoms with E-state index in [1.807, 2.05) is 69.3 Å². The summed E-state index contributed by atoms with van der Waals surface area (Å²) in [6, 6.07) is 15.5. The molecule has 0 fully saturated rings. The van der Waals surface area contributed by atoms with Crippen molar-refractivity contribution in [3.8, 4) is 0 Å². The van der Waals surface area contributed by atoms with Crippen LogP contribution in [0.15, 0.2) is 53.9 Å². The summed E-state index contributed by atoms with van der Waals surface area (Å²) < 4.78 is 26.5. The third kappa shape index (κ3) is 7.29. The van der Waals surface area contributed by atoms with E-state index >= 15 is 0 Å². The molecule has 1 atom stereocenters. The first-order chi connectivity index (χ1) is 13.3. The van der Waals surface area contributed by atoms with Crippen molar-refractivity contribution in [2.24, 2.45) is 0 Å². The molecule has 2 rings (SSSR count). The third-order valence-corrected chi connectivity index (χ3v) is 5.50. The normalized spacial score (nSPS) is 12.8. The van der Waals surface area contributed by atoms with Crippen LogP contribution in [0.1, 0.15) is 48.1 Å². The number of amides is 1. The molecule has 6 heteroatoms. The van der Waals surface area contributed by atoms with E-state index in [4.69, 9.17) is 0 Å². The van der Waals surface area contributed by atoms with Gasteiger partial charge >= 0.3 is 0 Å². The fourth-order valence-electron chi connectivity index (χ4n) is 2.69. The van der Waals surface area contributed by atoms with Gasteiger partial charge in [-0.05, 0) is 37.5 Å². The lowest BCUT2D eigenvalue weighted by Crippen LogP contribution is -2.32. The summed E-state index contributed by atoms with van der Waals surface area (Å²) >= 11 is 0. The number of sulfonamides is 1. The Labute approximate surface area is 167 Å². The lowest BCUT2D eigenvalue weighted by atomic mass is 10.0. The van der Waals surface area contributed by atoms with E-state index in [1.54, 1.807) is 0 Å². The van der Waals surface area contributed by atoms with E-state index in [-0.39, 0.29) is 24.9 Å². The molecule has 1 amide bonds. The Hall–Kier alpha value is -2.44. The van der Waals surface area contributed by atoms with E-state index in [0.717, 1.165) is 34.1 Å². The Kier molecular flexibility index (Phi) is 7.96. The van der Waals surface area contributed by atoms with Crippen LogP contribution in [0.3, 0.4) is 0 Å². The predicted molar refractivity (Wildman–Crippen MR) is 114 cm³/mol. The Morgan fingerprint density at radius 1 is 1.00 bits per heavy atom. The number of hydrogen-bond donors (Lipinski definition) is 2. The lowest BCUT2D eigenvalue weighted by Gasteiger charge is -2.17. The molecule has 2 aromatic carbocycles. The number of carbonyl (C=O) groups is 1. The smallest absolute Gasteiger partial charge is 0.233 e. The fraction of sp³-hybridized carbons (Fsp3) is 0.318. The first-order valence-electron chi connectivity index (χ1n) is 9.39. The average Bonchev–Trinajstić information content (AvgIpc) is 2.66. The van der Waals surface area contributed by atoms with Crippen LogP contribution < -0.4 is 10.0 Å². The van der Waals surface area contributed by atoms with Gasteiger partial charge in [-0.25, -0.2) is 13.1 Å². The molecule has 0 heterocycles. The number of benzene rings is 2. The van der Waals surface area contributed by atoms with E-state index < -0.39 is 10.0 Å². The highest BCUT2D eigenvalue weighted by Gasteiger charge is 2.13. The largest absolute Gasteiger partial charge is 0.349 e. The molecule has 0 saturated heterocycles. The van der Waals surface area contributed by atoms with Crippen LogP contribution in [0, 0.1) is 13.8 Å². The Balaban J connectivity index is 1.82. The van der Waals surface area contributed by atoms with Gasteiger partial charge in [-0.15, -0.1) is 0 Å². The highest BCUT2D eigenvalue weighted by Crippen LogP contribution is 2.17. The monoisotopic (exact) mass is 400 g/mol. The highest BCUT2D eigenvalue weighted by atomic mass is 32.2. The van der Waals surface area contributed by atoms with Gasteiger partial charge in [-0.2, -0.15) is 0 Å². The molecule has 5 nitrogen and oxygen atoms in total. The molecule has 28 heavy (non-hydrogen) atoms. The Morgan fingerprint density at radius 3 is 2.14 bits per heavy atom. The summed E-state index contributed by atoms with van der Waals surface area (Å²) in [4.78, 5) is 12.2. The van der Waals surface area contributed by atoms with Crippen LogP contribution in [-0.4, -0.2) is 20.9 Å². The van der Waals surface area contributed by atoms with Gasteiger partial charge in [0.15, 0.2) is 0 Å². The number of carbonyl (C=O) groups excluding carboxylic acids is 1. The maximum atomic E-state index is 12.2. The van der Waals surface area contributed by atoms with Crippen LogP contribution in [0.5, 0.6) is 0 Å². The van der Waals surface area contributed by atoms with Gasteiger partial charge in [0.1, 0.15) is 0 Å². The minimum Gasteiger partial charge on any atom is -0.349 e. The summed E-state index contributed by atoms with van der Waals surface area (Å²) in [5.74, 6) is -0.183. The standard InChI is InChI=1S/C22H28N2O3S/c1-4-21(20-11-7-18(3)8-12-20)24-22(25)13-15-23-28(26,27)16-14-19-9-5-17(2)6-10-19/h5-12,14,16,21,23H,4,13,15H2,1-3H3,(H,24,25)/b16-14+/t21-/m0/s1. The summed E-state index contributed by atoms with van der Waals surface area (Å²) in [6.45, 7) is 6.04. The topological polar surface area (TPSA) is 75.3 Å². The number of hydrogen-bond acceptors (Lipinski definition) is 3. The van der Waals surface area contributed by atoms with Crippen LogP contribution in [0.4, 0.5) is 0 Å². The molecular formula is C22H28N2O3S. The maximum absolute atomic E-state index is 12.2. The van der Waals surface area contributed by atoms with Crippen molar-refractivity contribution >= 4 is 22.0 Å². The van der Waals surface area contributed by atoms with Crippen molar-refractivity contribution in [3.63, 3.8) is 0 Å². The molecule has 2 N–H and O–H groups in total. The molecule has 150 valence electrons. The van der Waals surface area contributed by atoms with Crippen LogP contribution in [0.25, 0.3) is 6.08 Å². The van der Waals surface area contributed by atoms with E-state index in [2.05, 4.69) is 10.0 Å². The second-order valence-electron chi connectivity index (χ2n) is 6.84. The molecule has 0 bridgehead atoms. The van der Waals surface area contributed by atoms with Crippen molar-refractivity contribution in [1.82, 2.24) is 10.0 Å². The minimum atomic E-state index is -3.59. The van der Waals surface area contributed by atoms with Crippen molar-refractivity contribution in [2.75, 3.05) is 6.54 Å². The van der Waals surface area contributed by atoms with Crippen molar-refractivity contribution in [2.45, 2.75) is 39.7 Å². The van der Waals surface area contributed by atoms with Gasteiger partial charge < -0.3 is 5.32 Å². The van der Waals surface area contributed by atoms with Crippen molar-refractivity contribution in [1.29, 1.82) is 0 Å². The summed E-state index contributed by atoms with van der Waals surface area (Å²) in [6.07, 6.45) is 2.38. The predicted octanol–water partition coefficient (Wildman–Crippen LogP) is 3.85. The average molecular weight is 401 g/mol. The van der Waals surface area contributed by atoms with Gasteiger partial charge in [0.25, 0.3) is 0 Å². The zero-order valence-electron chi connectivity index (χ0n) is 16.6. The van der Waals surface area contributed by atoms with Gasteiger partial charge in [0.2, 0.25) is 15.9 Å². The van der Waals surface area contributed by atoms with Crippen molar-refractivity contribution < 1.29 is 13.2 Å². The molecular weight excluding hydrogens is 372 g/mol. The molecule has 0 aliphatic heterocycles. The molecule has 0 spiro atoms. The molecule has 0 radical (unpaired) electrons. The highest BCUT2D eigenvalue weighted by molar-refractivity contribution is 7.92. The molecule has 0 saturated carbocycles. The lowest BCUT2D eigenvalue weighted by molar-refractivity contribution is -0.121. The minimum absolute atomic E-state index is 0.0523. The summed E-state index contributed by atoms with van der Waals surface area (Å²) in [7, 11) is -3.59. The zero-order valence-corrected chi connectivity index (χ0v) is 17.4. The SMILES string of the molecule is CC[C@H](NC(=O)CCNS(=O)(=O)/C=C/c1ccc(C)cc1)c1ccc(C)cc1. The Bertz CT molecular complexity index is 902. The van der Waals surface area contributed by atoms with Gasteiger partial charge in [0.05, 0.1) is 6.04 Å². The van der Waals surface area contributed by atoms with Crippen LogP contribution in [-0.2, 0) is 14.8 Å². The molecule has 0 aliphatic carbocycles. The van der Waals surface area contributed by atoms with E-state index in [9.17, 15) is 13.2 Å².